The lowest BCUT2D eigenvalue weighted by Gasteiger charge is -2.12. The van der Waals surface area contributed by atoms with E-state index in [0.717, 1.165) is 42.0 Å². The first-order chi connectivity index (χ1) is 12.7. The maximum absolute atomic E-state index is 12.9. The molecule has 0 fully saturated rings. The second kappa shape index (κ2) is 7.63. The second-order valence-electron chi connectivity index (χ2n) is 6.05. The third-order valence-electron chi connectivity index (χ3n) is 4.29. The van der Waals surface area contributed by atoms with E-state index in [-0.39, 0.29) is 5.91 Å². The van der Waals surface area contributed by atoms with Crippen molar-refractivity contribution in [2.24, 2.45) is 4.99 Å². The number of nitrogens with zero attached hydrogens (tertiary/aromatic N) is 1. The van der Waals surface area contributed by atoms with Gasteiger partial charge in [-0.15, -0.1) is 11.3 Å². The molecule has 1 N–H and O–H groups in total. The number of hydrogen-bond acceptors (Lipinski definition) is 5. The molecular formula is C19H17BrN2O3S. The lowest BCUT2D eigenvalue weighted by Crippen LogP contribution is -2.23. The highest BCUT2D eigenvalue weighted by atomic mass is 79.9. The van der Waals surface area contributed by atoms with Crippen LogP contribution in [-0.2, 0) is 19.4 Å². The molecule has 0 saturated heterocycles. The van der Waals surface area contributed by atoms with Gasteiger partial charge >= 0.3 is 0 Å². The van der Waals surface area contributed by atoms with Crippen LogP contribution in [0.2, 0.25) is 0 Å². The van der Waals surface area contributed by atoms with Gasteiger partial charge in [-0.25, -0.2) is 4.99 Å². The number of furan rings is 2. The van der Waals surface area contributed by atoms with Crippen molar-refractivity contribution >= 4 is 44.4 Å². The highest BCUT2D eigenvalue weighted by Gasteiger charge is 2.25. The van der Waals surface area contributed by atoms with Gasteiger partial charge in [0.2, 0.25) is 0 Å². The molecule has 3 aromatic heterocycles. The van der Waals surface area contributed by atoms with E-state index in [1.165, 1.54) is 4.88 Å². The van der Waals surface area contributed by atoms with Gasteiger partial charge in [-0.3, -0.25) is 4.79 Å². The first kappa shape index (κ1) is 17.3. The van der Waals surface area contributed by atoms with Crippen molar-refractivity contribution in [2.45, 2.75) is 32.2 Å². The molecular weight excluding hydrogens is 416 g/mol. The van der Waals surface area contributed by atoms with Crippen LogP contribution in [0.25, 0.3) is 0 Å². The molecule has 0 spiro atoms. The Morgan fingerprint density at radius 1 is 1.31 bits per heavy atom. The smallest absolute Gasteiger partial charge is 0.255 e. The van der Waals surface area contributed by atoms with Crippen LogP contribution in [0.5, 0.6) is 0 Å². The maximum atomic E-state index is 12.9. The highest BCUT2D eigenvalue weighted by Crippen LogP contribution is 2.39. The number of carbonyl (C=O) groups excluding carboxylic acids is 1. The lowest BCUT2D eigenvalue weighted by atomic mass is 9.95. The molecule has 0 bridgehead atoms. The summed E-state index contributed by atoms with van der Waals surface area (Å²) in [4.78, 5) is 18.7. The quantitative estimate of drug-likeness (QED) is 0.559. The van der Waals surface area contributed by atoms with Gasteiger partial charge in [0.1, 0.15) is 16.5 Å². The van der Waals surface area contributed by atoms with Crippen LogP contribution in [0.3, 0.4) is 0 Å². The van der Waals surface area contributed by atoms with E-state index in [2.05, 4.69) is 26.2 Å². The van der Waals surface area contributed by atoms with Gasteiger partial charge in [-0.05, 0) is 71.4 Å². The van der Waals surface area contributed by atoms with Gasteiger partial charge < -0.3 is 14.2 Å². The van der Waals surface area contributed by atoms with Gasteiger partial charge in [0.25, 0.3) is 5.91 Å². The predicted molar refractivity (Wildman–Crippen MR) is 105 cm³/mol. The molecule has 1 amide bonds. The summed E-state index contributed by atoms with van der Waals surface area (Å²) in [7, 11) is 0. The lowest BCUT2D eigenvalue weighted by molar-refractivity contribution is 0.0948. The normalized spacial score (nSPS) is 13.9. The number of aryl methyl sites for hydroxylation is 1. The van der Waals surface area contributed by atoms with E-state index in [0.29, 0.717) is 22.5 Å². The van der Waals surface area contributed by atoms with Crippen LogP contribution in [0, 0.1) is 0 Å². The topological polar surface area (TPSA) is 67.7 Å². The zero-order chi connectivity index (χ0) is 17.9. The number of nitrogens with one attached hydrogen (secondary N) is 1. The summed E-state index contributed by atoms with van der Waals surface area (Å²) in [5.41, 5.74) is 1.84. The molecule has 0 radical (unpaired) electrons. The summed E-state index contributed by atoms with van der Waals surface area (Å²) in [5.74, 6) is 1.27. The number of hydrogen-bond donors (Lipinski definition) is 1. The van der Waals surface area contributed by atoms with Crippen molar-refractivity contribution in [3.63, 3.8) is 0 Å². The predicted octanol–water partition coefficient (Wildman–Crippen LogP) is 5.26. The molecule has 1 aliphatic carbocycles. The van der Waals surface area contributed by atoms with E-state index in [4.69, 9.17) is 8.83 Å². The third kappa shape index (κ3) is 3.68. The highest BCUT2D eigenvalue weighted by molar-refractivity contribution is 9.10. The van der Waals surface area contributed by atoms with E-state index < -0.39 is 0 Å². The molecule has 0 saturated carbocycles. The number of fused-ring (bicyclic) bond motifs is 1. The SMILES string of the molecule is O=C(NCc1ccco1)c1c(/N=C\c2ccc(Br)o2)sc2c1CCCC2. The van der Waals surface area contributed by atoms with E-state index >= 15 is 0 Å². The molecule has 0 atom stereocenters. The maximum Gasteiger partial charge on any atom is 0.255 e. The Morgan fingerprint density at radius 2 is 2.19 bits per heavy atom. The fourth-order valence-electron chi connectivity index (χ4n) is 3.07. The molecule has 3 heterocycles. The average Bonchev–Trinajstić information content (AvgIpc) is 3.37. The van der Waals surface area contributed by atoms with Gasteiger partial charge in [0.05, 0.1) is 24.6 Å². The van der Waals surface area contributed by atoms with Crippen LogP contribution in [0.4, 0.5) is 5.00 Å². The summed E-state index contributed by atoms with van der Waals surface area (Å²) in [6, 6.07) is 7.30. The number of halogens is 1. The summed E-state index contributed by atoms with van der Waals surface area (Å²) < 4.78 is 11.4. The average molecular weight is 433 g/mol. The zero-order valence-corrected chi connectivity index (χ0v) is 16.4. The number of carbonyl (C=O) groups is 1. The Labute approximate surface area is 163 Å². The molecule has 5 nitrogen and oxygen atoms in total. The first-order valence-corrected chi connectivity index (χ1v) is 10.1. The second-order valence-corrected chi connectivity index (χ2v) is 7.92. The van der Waals surface area contributed by atoms with Crippen molar-refractivity contribution < 1.29 is 13.6 Å². The zero-order valence-electron chi connectivity index (χ0n) is 14.0. The molecule has 7 heteroatoms. The fraction of sp³-hybridized carbons (Fsp3) is 0.263. The first-order valence-electron chi connectivity index (χ1n) is 8.45. The van der Waals surface area contributed by atoms with Gasteiger partial charge in [-0.2, -0.15) is 0 Å². The van der Waals surface area contributed by atoms with E-state index in [1.54, 1.807) is 23.8 Å². The van der Waals surface area contributed by atoms with Crippen LogP contribution < -0.4 is 5.32 Å². The van der Waals surface area contributed by atoms with Crippen LogP contribution in [-0.4, -0.2) is 12.1 Å². The number of aliphatic imine (C=N–C) groups is 1. The standard InChI is InChI=1S/C19H17BrN2O3S/c20-16-8-7-13(25-16)11-22-19-17(14-5-1-2-6-15(14)26-19)18(23)21-10-12-4-3-9-24-12/h3-4,7-9,11H,1-2,5-6,10H2,(H,21,23)/b22-11-. The van der Waals surface area contributed by atoms with Gasteiger partial charge in [0.15, 0.2) is 4.67 Å². The summed E-state index contributed by atoms with van der Waals surface area (Å²) in [6.45, 7) is 0.366. The number of thiophene rings is 1. The van der Waals surface area contributed by atoms with Crippen molar-refractivity contribution in [1.29, 1.82) is 0 Å². The summed E-state index contributed by atoms with van der Waals surface area (Å²) in [6.07, 6.45) is 7.47. The Balaban J connectivity index is 1.61. The van der Waals surface area contributed by atoms with Gasteiger partial charge in [-0.1, -0.05) is 0 Å². The van der Waals surface area contributed by atoms with Crippen molar-refractivity contribution in [1.82, 2.24) is 5.32 Å². The van der Waals surface area contributed by atoms with Crippen LogP contribution in [0.15, 0.2) is 49.0 Å². The monoisotopic (exact) mass is 432 g/mol. The Morgan fingerprint density at radius 3 is 2.96 bits per heavy atom. The van der Waals surface area contributed by atoms with Gasteiger partial charge in [0, 0.05) is 4.88 Å². The van der Waals surface area contributed by atoms with Crippen molar-refractivity contribution in [2.75, 3.05) is 0 Å². The molecule has 4 rings (SSSR count). The minimum absolute atomic E-state index is 0.103. The fourth-order valence-corrected chi connectivity index (χ4v) is 4.61. The van der Waals surface area contributed by atoms with Crippen molar-refractivity contribution in [3.05, 3.63) is 62.7 Å². The molecule has 134 valence electrons. The van der Waals surface area contributed by atoms with E-state index in [1.807, 2.05) is 24.3 Å². The Hall–Kier alpha value is -2.12. The van der Waals surface area contributed by atoms with E-state index in [9.17, 15) is 4.79 Å². The van der Waals surface area contributed by atoms with Crippen LogP contribution >= 0.6 is 27.3 Å². The summed E-state index contributed by atoms with van der Waals surface area (Å²) in [5, 5.41) is 3.69. The Kier molecular flexibility index (Phi) is 5.08. The molecule has 0 aromatic carbocycles. The van der Waals surface area contributed by atoms with Crippen molar-refractivity contribution in [3.8, 4) is 0 Å². The molecule has 26 heavy (non-hydrogen) atoms. The third-order valence-corrected chi connectivity index (χ3v) is 5.91. The Bertz CT molecular complexity index is 940. The summed E-state index contributed by atoms with van der Waals surface area (Å²) >= 11 is 4.89. The minimum Gasteiger partial charge on any atom is -0.467 e. The number of rotatable bonds is 5. The minimum atomic E-state index is -0.103. The molecule has 1 aliphatic rings. The largest absolute Gasteiger partial charge is 0.467 e. The molecule has 3 aromatic rings. The molecule has 0 unspecified atom stereocenters. The number of amides is 1. The molecule has 0 aliphatic heterocycles. The van der Waals surface area contributed by atoms with Crippen LogP contribution in [0.1, 0.15) is 45.2 Å².